The van der Waals surface area contributed by atoms with Crippen LogP contribution >= 0.6 is 0 Å². The standard InChI is InChI=1S/C28H29F5N8O/c29-16-11-27(5-1-8-41(27)13-16)15-42-26-38-24-20(25(39-26)40-9-7-36-18(14-40)4-6-34)12-37-23(22(24)30)19-10-17(35)2-3-21(19)28(31,32)33/h2-3,10,12,16,18,36H,1,4-5,7-9,11,13-15,35H2/t16-,18+,27+/m1/s1. The van der Waals surface area contributed by atoms with Crippen molar-refractivity contribution in [3.63, 3.8) is 0 Å². The lowest BCUT2D eigenvalue weighted by molar-refractivity contribution is -0.137. The largest absolute Gasteiger partial charge is 0.461 e. The minimum absolute atomic E-state index is 0.0131. The summed E-state index contributed by atoms with van der Waals surface area (Å²) in [7, 11) is 0. The molecule has 1 aromatic carbocycles. The first-order valence-corrected chi connectivity index (χ1v) is 13.8. The molecule has 2 aromatic heterocycles. The molecule has 6 rings (SSSR count). The number of alkyl halides is 4. The van der Waals surface area contributed by atoms with Gasteiger partial charge in [-0.1, -0.05) is 0 Å². The van der Waals surface area contributed by atoms with Crippen LogP contribution in [0, 0.1) is 17.1 Å². The van der Waals surface area contributed by atoms with E-state index in [0.29, 0.717) is 32.6 Å². The van der Waals surface area contributed by atoms with Crippen LogP contribution in [0.4, 0.5) is 33.5 Å². The number of halogens is 5. The van der Waals surface area contributed by atoms with Crippen LogP contribution < -0.4 is 20.7 Å². The Kier molecular flexibility index (Phi) is 7.26. The molecule has 0 amide bonds. The Labute approximate surface area is 238 Å². The Bertz CT molecular complexity index is 1550. The summed E-state index contributed by atoms with van der Waals surface area (Å²) < 4.78 is 78.2. The summed E-state index contributed by atoms with van der Waals surface area (Å²) in [6.45, 7) is 2.52. The summed E-state index contributed by atoms with van der Waals surface area (Å²) in [6.07, 6.45) is -2.34. The third-order valence-corrected chi connectivity index (χ3v) is 8.37. The van der Waals surface area contributed by atoms with Gasteiger partial charge < -0.3 is 20.7 Å². The molecule has 3 N–H and O–H groups in total. The number of nitrogen functional groups attached to an aromatic ring is 1. The van der Waals surface area contributed by atoms with Gasteiger partial charge in [0.2, 0.25) is 0 Å². The van der Waals surface area contributed by atoms with Gasteiger partial charge in [0.1, 0.15) is 29.8 Å². The predicted octanol–water partition coefficient (Wildman–Crippen LogP) is 4.08. The first-order valence-electron chi connectivity index (χ1n) is 13.8. The average molecular weight is 589 g/mol. The lowest BCUT2D eigenvalue weighted by Gasteiger charge is -2.34. The molecule has 42 heavy (non-hydrogen) atoms. The van der Waals surface area contributed by atoms with E-state index < -0.39 is 40.5 Å². The minimum Gasteiger partial charge on any atom is -0.461 e. The van der Waals surface area contributed by atoms with Gasteiger partial charge in [-0.15, -0.1) is 0 Å². The van der Waals surface area contributed by atoms with Crippen LogP contribution in [0.5, 0.6) is 6.01 Å². The van der Waals surface area contributed by atoms with Crippen LogP contribution in [0.15, 0.2) is 24.4 Å². The number of nitrogens with two attached hydrogens (primary N) is 1. The zero-order valence-electron chi connectivity index (χ0n) is 22.6. The molecule has 3 aliphatic rings. The Morgan fingerprint density at radius 3 is 2.83 bits per heavy atom. The number of nitriles is 1. The van der Waals surface area contributed by atoms with E-state index >= 15 is 4.39 Å². The number of piperazine rings is 1. The normalized spacial score (nSPS) is 24.6. The molecule has 3 aliphatic heterocycles. The number of nitrogens with one attached hydrogen (secondary N) is 1. The van der Waals surface area contributed by atoms with Gasteiger partial charge in [-0.3, -0.25) is 9.88 Å². The van der Waals surface area contributed by atoms with E-state index in [1.807, 2.05) is 4.90 Å². The summed E-state index contributed by atoms with van der Waals surface area (Å²) in [5.74, 6) is -0.789. The van der Waals surface area contributed by atoms with E-state index in [1.165, 1.54) is 6.20 Å². The summed E-state index contributed by atoms with van der Waals surface area (Å²) >= 11 is 0. The lowest BCUT2D eigenvalue weighted by atomic mass is 9.95. The summed E-state index contributed by atoms with van der Waals surface area (Å²) in [5.41, 5.74) is 2.85. The first kappa shape index (κ1) is 28.3. The fourth-order valence-corrected chi connectivity index (χ4v) is 6.43. The Morgan fingerprint density at radius 1 is 1.21 bits per heavy atom. The SMILES string of the molecule is N#CC[C@H]1CN(c2nc(OC[C@@]34CCCN3C[C@H](F)C4)nc3c(F)c(-c4cc(N)ccc4C(F)(F)F)ncc23)CCN1. The number of hydrogen-bond acceptors (Lipinski definition) is 9. The minimum atomic E-state index is -4.78. The molecule has 14 heteroatoms. The van der Waals surface area contributed by atoms with Crippen LogP contribution in [-0.4, -0.2) is 76.9 Å². The van der Waals surface area contributed by atoms with E-state index in [1.54, 1.807) is 0 Å². The van der Waals surface area contributed by atoms with Crippen molar-refractivity contribution in [2.24, 2.45) is 0 Å². The van der Waals surface area contributed by atoms with Gasteiger partial charge in [-0.25, -0.2) is 8.78 Å². The Hall–Kier alpha value is -3.83. The number of ether oxygens (including phenoxy) is 1. The molecule has 3 aromatic rings. The molecular formula is C28H29F5N8O. The maximum absolute atomic E-state index is 16.2. The van der Waals surface area contributed by atoms with Crippen molar-refractivity contribution in [1.29, 1.82) is 5.26 Å². The van der Waals surface area contributed by atoms with Crippen molar-refractivity contribution in [2.45, 2.75) is 49.6 Å². The molecule has 3 atom stereocenters. The van der Waals surface area contributed by atoms with Crippen LogP contribution in [0.25, 0.3) is 22.2 Å². The molecule has 0 bridgehead atoms. The van der Waals surface area contributed by atoms with Gasteiger partial charge in [0, 0.05) is 56.1 Å². The number of rotatable bonds is 6. The smallest absolute Gasteiger partial charge is 0.417 e. The molecule has 3 fully saturated rings. The monoisotopic (exact) mass is 588 g/mol. The zero-order chi connectivity index (χ0) is 29.6. The Balaban J connectivity index is 1.45. The highest BCUT2D eigenvalue weighted by molar-refractivity contribution is 5.92. The van der Waals surface area contributed by atoms with Crippen molar-refractivity contribution < 1.29 is 26.7 Å². The molecule has 0 unspecified atom stereocenters. The molecule has 5 heterocycles. The highest BCUT2D eigenvalue weighted by Gasteiger charge is 2.49. The molecule has 0 aliphatic carbocycles. The van der Waals surface area contributed by atoms with Gasteiger partial charge in [-0.05, 0) is 37.6 Å². The number of hydrogen-bond donors (Lipinski definition) is 2. The number of benzene rings is 1. The summed E-state index contributed by atoms with van der Waals surface area (Å²) in [4.78, 5) is 16.9. The van der Waals surface area contributed by atoms with Gasteiger partial charge in [0.25, 0.3) is 0 Å². The second kappa shape index (κ2) is 10.8. The maximum atomic E-state index is 16.2. The van der Waals surface area contributed by atoms with Crippen molar-refractivity contribution >= 4 is 22.4 Å². The first-order chi connectivity index (χ1) is 20.1. The van der Waals surface area contributed by atoms with Crippen molar-refractivity contribution in [3.05, 3.63) is 35.8 Å². The average Bonchev–Trinajstić information content (AvgIpc) is 3.47. The van der Waals surface area contributed by atoms with Gasteiger partial charge >= 0.3 is 12.2 Å². The number of aromatic nitrogens is 3. The van der Waals surface area contributed by atoms with Crippen LogP contribution in [0.2, 0.25) is 0 Å². The quantitative estimate of drug-likeness (QED) is 0.325. The molecule has 0 saturated carbocycles. The fourth-order valence-electron chi connectivity index (χ4n) is 6.43. The molecule has 0 radical (unpaired) electrons. The highest BCUT2D eigenvalue weighted by atomic mass is 19.4. The second-order valence-corrected chi connectivity index (χ2v) is 11.1. The third-order valence-electron chi connectivity index (χ3n) is 8.37. The van der Waals surface area contributed by atoms with E-state index in [2.05, 4.69) is 31.2 Å². The van der Waals surface area contributed by atoms with E-state index in [-0.39, 0.29) is 47.5 Å². The highest BCUT2D eigenvalue weighted by Crippen LogP contribution is 2.42. The zero-order valence-corrected chi connectivity index (χ0v) is 22.6. The van der Waals surface area contributed by atoms with Gasteiger partial charge in [0.15, 0.2) is 5.82 Å². The van der Waals surface area contributed by atoms with Crippen molar-refractivity contribution in [3.8, 4) is 23.3 Å². The van der Waals surface area contributed by atoms with Crippen molar-refractivity contribution in [1.82, 2.24) is 25.2 Å². The number of anilines is 2. The number of nitrogens with zero attached hydrogens (tertiary/aromatic N) is 6. The molecule has 0 spiro atoms. The predicted molar refractivity (Wildman–Crippen MR) is 145 cm³/mol. The second-order valence-electron chi connectivity index (χ2n) is 11.1. The van der Waals surface area contributed by atoms with E-state index in [0.717, 1.165) is 37.6 Å². The van der Waals surface area contributed by atoms with E-state index in [4.69, 9.17) is 10.5 Å². The van der Waals surface area contributed by atoms with Crippen molar-refractivity contribution in [2.75, 3.05) is 50.0 Å². The van der Waals surface area contributed by atoms with Gasteiger partial charge in [-0.2, -0.15) is 28.4 Å². The molecule has 3 saturated heterocycles. The maximum Gasteiger partial charge on any atom is 0.417 e. The van der Waals surface area contributed by atoms with E-state index in [9.17, 15) is 22.8 Å². The van der Waals surface area contributed by atoms with Gasteiger partial charge in [0.05, 0.1) is 29.0 Å². The van der Waals surface area contributed by atoms with Crippen LogP contribution in [0.3, 0.4) is 0 Å². The van der Waals surface area contributed by atoms with Crippen LogP contribution in [0.1, 0.15) is 31.2 Å². The number of fused-ring (bicyclic) bond motifs is 2. The summed E-state index contributed by atoms with van der Waals surface area (Å²) in [5, 5.41) is 12.6. The molecule has 9 nitrogen and oxygen atoms in total. The molecule has 222 valence electrons. The Morgan fingerprint density at radius 2 is 2.05 bits per heavy atom. The topological polar surface area (TPSA) is 116 Å². The lowest BCUT2D eigenvalue weighted by Crippen LogP contribution is -2.51. The fraction of sp³-hybridized carbons (Fsp3) is 0.500. The van der Waals surface area contributed by atoms with Crippen LogP contribution in [-0.2, 0) is 6.18 Å². The number of pyridine rings is 1. The summed E-state index contributed by atoms with van der Waals surface area (Å²) in [6, 6.07) is 4.70. The molecular weight excluding hydrogens is 559 g/mol. The third kappa shape index (κ3) is 5.15.